The van der Waals surface area contributed by atoms with Gasteiger partial charge < -0.3 is 10.8 Å². The lowest BCUT2D eigenvalue weighted by Crippen LogP contribution is -2.44. The highest BCUT2D eigenvalue weighted by molar-refractivity contribution is 5.77. The molecule has 0 aliphatic rings. The number of aliphatic carboxylic acids is 1. The topological polar surface area (TPSA) is 99.7 Å². The van der Waals surface area contributed by atoms with Crippen molar-refractivity contribution >= 4 is 11.7 Å². The summed E-state index contributed by atoms with van der Waals surface area (Å²) in [4.78, 5) is 14.4. The van der Waals surface area contributed by atoms with Crippen LogP contribution in [0.25, 0.3) is 0 Å². The van der Waals surface area contributed by atoms with Crippen LogP contribution in [-0.4, -0.2) is 33.9 Å². The van der Waals surface area contributed by atoms with Gasteiger partial charge in [-0.2, -0.15) is 0 Å². The molecule has 76 valence electrons. The van der Waals surface area contributed by atoms with E-state index in [4.69, 9.17) is 10.8 Å². The number of rotatable bonds is 4. The Balaban J connectivity index is 2.83. The number of carbonyl (C=O) groups is 1. The first-order chi connectivity index (χ1) is 6.66. The maximum Gasteiger partial charge on any atom is 0.330 e. The summed E-state index contributed by atoms with van der Waals surface area (Å²) < 4.78 is 0. The molecule has 4 N–H and O–H groups in total. The molecule has 0 unspecified atom stereocenters. The van der Waals surface area contributed by atoms with E-state index < -0.39 is 12.0 Å². The lowest BCUT2D eigenvalue weighted by Gasteiger charge is -2.22. The van der Waals surface area contributed by atoms with E-state index in [1.54, 1.807) is 12.1 Å². The van der Waals surface area contributed by atoms with E-state index in [0.29, 0.717) is 10.8 Å². The van der Waals surface area contributed by atoms with Crippen LogP contribution >= 0.6 is 0 Å². The Hall–Kier alpha value is -1.66. The van der Waals surface area contributed by atoms with Crippen molar-refractivity contribution < 1.29 is 15.1 Å². The van der Waals surface area contributed by atoms with Gasteiger partial charge in [0.15, 0.2) is 6.04 Å². The Morgan fingerprint density at radius 3 is 2.86 bits per heavy atom. The van der Waals surface area contributed by atoms with Crippen LogP contribution in [0.15, 0.2) is 24.5 Å². The SMILES string of the molecule is NC[C@@H](C(=O)O)N(O)c1cccnc1. The molecule has 0 bridgehead atoms. The van der Waals surface area contributed by atoms with Gasteiger partial charge in [-0.1, -0.05) is 0 Å². The van der Waals surface area contributed by atoms with Gasteiger partial charge in [0, 0.05) is 12.7 Å². The van der Waals surface area contributed by atoms with E-state index in [9.17, 15) is 10.0 Å². The second-order valence-electron chi connectivity index (χ2n) is 2.65. The van der Waals surface area contributed by atoms with Gasteiger partial charge in [-0.15, -0.1) is 0 Å². The van der Waals surface area contributed by atoms with Crippen LogP contribution < -0.4 is 10.8 Å². The van der Waals surface area contributed by atoms with Crippen molar-refractivity contribution in [2.75, 3.05) is 11.6 Å². The van der Waals surface area contributed by atoms with Crippen molar-refractivity contribution in [1.29, 1.82) is 0 Å². The van der Waals surface area contributed by atoms with E-state index in [1.807, 2.05) is 0 Å². The van der Waals surface area contributed by atoms with Gasteiger partial charge in [0.1, 0.15) is 0 Å². The summed E-state index contributed by atoms with van der Waals surface area (Å²) >= 11 is 0. The van der Waals surface area contributed by atoms with Crippen molar-refractivity contribution in [2.24, 2.45) is 5.73 Å². The first-order valence-electron chi connectivity index (χ1n) is 3.98. The normalized spacial score (nSPS) is 12.1. The number of hydrogen-bond acceptors (Lipinski definition) is 5. The summed E-state index contributed by atoms with van der Waals surface area (Å²) in [7, 11) is 0. The molecule has 0 spiro atoms. The maximum atomic E-state index is 10.6. The van der Waals surface area contributed by atoms with Gasteiger partial charge in [-0.05, 0) is 12.1 Å². The standard InChI is InChI=1S/C8H11N3O3/c9-4-7(8(12)13)11(14)6-2-1-3-10-5-6/h1-3,5,7,14H,4,9H2,(H,12,13)/t7-/m0/s1. The van der Waals surface area contributed by atoms with Gasteiger partial charge >= 0.3 is 5.97 Å². The molecule has 14 heavy (non-hydrogen) atoms. The summed E-state index contributed by atoms with van der Waals surface area (Å²) in [6.45, 7) is -0.180. The maximum absolute atomic E-state index is 10.6. The Morgan fingerprint density at radius 1 is 1.71 bits per heavy atom. The highest BCUT2D eigenvalue weighted by atomic mass is 16.5. The number of carboxylic acids is 1. The van der Waals surface area contributed by atoms with E-state index in [-0.39, 0.29) is 6.54 Å². The molecular formula is C8H11N3O3. The molecule has 0 fully saturated rings. The van der Waals surface area contributed by atoms with Crippen molar-refractivity contribution in [3.63, 3.8) is 0 Å². The fourth-order valence-electron chi connectivity index (χ4n) is 0.974. The predicted molar refractivity (Wildman–Crippen MR) is 49.0 cm³/mol. The molecule has 1 aromatic rings. The highest BCUT2D eigenvalue weighted by Crippen LogP contribution is 2.11. The highest BCUT2D eigenvalue weighted by Gasteiger charge is 2.23. The zero-order valence-electron chi connectivity index (χ0n) is 7.37. The van der Waals surface area contributed by atoms with Gasteiger partial charge in [-0.25, -0.2) is 9.86 Å². The largest absolute Gasteiger partial charge is 0.480 e. The summed E-state index contributed by atoms with van der Waals surface area (Å²) in [5, 5.41) is 18.8. The Morgan fingerprint density at radius 2 is 2.43 bits per heavy atom. The van der Waals surface area contributed by atoms with Crippen LogP contribution in [0.3, 0.4) is 0 Å². The Kier molecular flexibility index (Phi) is 3.38. The summed E-state index contributed by atoms with van der Waals surface area (Å²) in [6, 6.07) is 1.98. The molecule has 0 saturated heterocycles. The third-order valence-corrected chi connectivity index (χ3v) is 1.71. The van der Waals surface area contributed by atoms with Crippen LogP contribution in [0.5, 0.6) is 0 Å². The van der Waals surface area contributed by atoms with Gasteiger partial charge in [0.2, 0.25) is 0 Å². The van der Waals surface area contributed by atoms with Crippen molar-refractivity contribution in [3.05, 3.63) is 24.5 Å². The molecule has 0 aliphatic carbocycles. The molecular weight excluding hydrogens is 186 g/mol. The molecule has 0 aromatic carbocycles. The molecule has 6 nitrogen and oxygen atoms in total. The van der Waals surface area contributed by atoms with Gasteiger partial charge in [0.05, 0.1) is 11.9 Å². The predicted octanol–water partition coefficient (Wildman–Crippen LogP) is -0.311. The fourth-order valence-corrected chi connectivity index (χ4v) is 0.974. The minimum atomic E-state index is -1.18. The number of aromatic nitrogens is 1. The van der Waals surface area contributed by atoms with Crippen LogP contribution in [0.1, 0.15) is 0 Å². The number of nitrogens with zero attached hydrogens (tertiary/aromatic N) is 2. The van der Waals surface area contributed by atoms with E-state index >= 15 is 0 Å². The minimum Gasteiger partial charge on any atom is -0.480 e. The zero-order valence-corrected chi connectivity index (χ0v) is 7.37. The second kappa shape index (κ2) is 4.54. The smallest absolute Gasteiger partial charge is 0.330 e. The summed E-state index contributed by atoms with van der Waals surface area (Å²) in [5.41, 5.74) is 5.51. The molecule has 6 heteroatoms. The molecule has 1 atom stereocenters. The number of hydroxylamine groups is 1. The minimum absolute atomic E-state index is 0.180. The lowest BCUT2D eigenvalue weighted by atomic mass is 10.2. The third kappa shape index (κ3) is 2.18. The van der Waals surface area contributed by atoms with Gasteiger partial charge in [0.25, 0.3) is 0 Å². The second-order valence-corrected chi connectivity index (χ2v) is 2.65. The van der Waals surface area contributed by atoms with Crippen LogP contribution in [0.2, 0.25) is 0 Å². The van der Waals surface area contributed by atoms with Crippen LogP contribution in [0.4, 0.5) is 5.69 Å². The fraction of sp³-hybridized carbons (Fsp3) is 0.250. The molecule has 0 saturated carbocycles. The molecule has 1 rings (SSSR count). The third-order valence-electron chi connectivity index (χ3n) is 1.71. The number of nitrogens with two attached hydrogens (primary N) is 1. The van der Waals surface area contributed by atoms with E-state index in [0.717, 1.165) is 0 Å². The van der Waals surface area contributed by atoms with Crippen LogP contribution in [-0.2, 0) is 4.79 Å². The first-order valence-corrected chi connectivity index (χ1v) is 3.98. The monoisotopic (exact) mass is 197 g/mol. The summed E-state index contributed by atoms with van der Waals surface area (Å²) in [6.07, 6.45) is 2.88. The molecule has 1 heterocycles. The first kappa shape index (κ1) is 10.4. The number of hydrogen-bond donors (Lipinski definition) is 3. The number of anilines is 1. The summed E-state index contributed by atoms with van der Waals surface area (Å²) in [5.74, 6) is -1.18. The van der Waals surface area contributed by atoms with Crippen molar-refractivity contribution in [3.8, 4) is 0 Å². The van der Waals surface area contributed by atoms with E-state index in [2.05, 4.69) is 4.98 Å². The van der Waals surface area contributed by atoms with Gasteiger partial charge in [-0.3, -0.25) is 10.2 Å². The quantitative estimate of drug-likeness (QED) is 0.572. The average molecular weight is 197 g/mol. The van der Waals surface area contributed by atoms with E-state index in [1.165, 1.54) is 12.4 Å². The average Bonchev–Trinajstić information content (AvgIpc) is 2.19. The zero-order chi connectivity index (χ0) is 10.6. The van der Waals surface area contributed by atoms with Crippen molar-refractivity contribution in [1.82, 2.24) is 4.98 Å². The Bertz CT molecular complexity index is 304. The molecule has 0 aliphatic heterocycles. The molecule has 0 amide bonds. The number of carboxylic acid groups (broad SMARTS) is 1. The van der Waals surface area contributed by atoms with Crippen molar-refractivity contribution in [2.45, 2.75) is 6.04 Å². The number of pyridine rings is 1. The Labute approximate surface area is 80.5 Å². The lowest BCUT2D eigenvalue weighted by molar-refractivity contribution is -0.139. The molecule has 0 radical (unpaired) electrons. The van der Waals surface area contributed by atoms with Crippen LogP contribution in [0, 0.1) is 0 Å². The molecule has 1 aromatic heterocycles.